The van der Waals surface area contributed by atoms with Crippen LogP contribution >= 0.6 is 0 Å². The van der Waals surface area contributed by atoms with Crippen LogP contribution in [0.1, 0.15) is 41.9 Å². The lowest BCUT2D eigenvalue weighted by Gasteiger charge is -2.28. The van der Waals surface area contributed by atoms with Gasteiger partial charge in [0.1, 0.15) is 11.6 Å². The zero-order valence-corrected chi connectivity index (χ0v) is 14.4. The van der Waals surface area contributed by atoms with E-state index in [4.69, 9.17) is 0 Å². The van der Waals surface area contributed by atoms with Crippen LogP contribution in [0.2, 0.25) is 0 Å². The molecule has 0 atom stereocenters. The van der Waals surface area contributed by atoms with E-state index in [0.29, 0.717) is 30.9 Å². The molecular formula is C19H20F2N4O. The number of H-pyrrole nitrogens is 1. The molecule has 2 aromatic rings. The molecule has 26 heavy (non-hydrogen) atoms. The minimum absolute atomic E-state index is 0.0357. The van der Waals surface area contributed by atoms with Crippen molar-refractivity contribution >= 4 is 5.71 Å². The van der Waals surface area contributed by atoms with Gasteiger partial charge in [-0.05, 0) is 31.4 Å². The van der Waals surface area contributed by atoms with Crippen molar-refractivity contribution in [3.8, 4) is 0 Å². The van der Waals surface area contributed by atoms with Gasteiger partial charge in [-0.15, -0.1) is 0 Å². The van der Waals surface area contributed by atoms with Gasteiger partial charge in [0, 0.05) is 38.2 Å². The van der Waals surface area contributed by atoms with Gasteiger partial charge in [0.2, 0.25) is 0 Å². The van der Waals surface area contributed by atoms with Crippen molar-refractivity contribution in [1.82, 2.24) is 14.9 Å². The molecule has 0 saturated carbocycles. The van der Waals surface area contributed by atoms with Gasteiger partial charge >= 0.3 is 0 Å². The Hall–Kier alpha value is -2.41. The predicted molar refractivity (Wildman–Crippen MR) is 94.3 cm³/mol. The first-order chi connectivity index (χ1) is 12.6. The summed E-state index contributed by atoms with van der Waals surface area (Å²) in [5, 5.41) is 0. The number of aromatic nitrogens is 2. The molecule has 0 saturated heterocycles. The van der Waals surface area contributed by atoms with Crippen molar-refractivity contribution < 1.29 is 8.78 Å². The van der Waals surface area contributed by atoms with Crippen LogP contribution in [0.3, 0.4) is 0 Å². The van der Waals surface area contributed by atoms with Crippen molar-refractivity contribution in [2.45, 2.75) is 38.8 Å². The molecule has 5 nitrogen and oxygen atoms in total. The molecule has 3 heterocycles. The highest BCUT2D eigenvalue weighted by atomic mass is 19.1. The Morgan fingerprint density at radius 3 is 2.69 bits per heavy atom. The fraction of sp³-hybridized carbons (Fsp3) is 0.421. The lowest BCUT2D eigenvalue weighted by molar-refractivity contribution is 0.234. The van der Waals surface area contributed by atoms with E-state index in [1.807, 2.05) is 4.90 Å². The van der Waals surface area contributed by atoms with Crippen LogP contribution in [0.15, 0.2) is 28.0 Å². The molecule has 136 valence electrons. The summed E-state index contributed by atoms with van der Waals surface area (Å²) in [4.78, 5) is 26.3. The molecule has 4 rings (SSSR count). The fourth-order valence-electron chi connectivity index (χ4n) is 3.55. The van der Waals surface area contributed by atoms with Gasteiger partial charge in [0.05, 0.1) is 17.0 Å². The van der Waals surface area contributed by atoms with E-state index in [1.54, 1.807) is 0 Å². The molecule has 0 amide bonds. The molecule has 7 heteroatoms. The number of nitrogens with zero attached hydrogens (tertiary/aromatic N) is 3. The number of rotatable bonds is 3. The maximum Gasteiger partial charge on any atom is 0.255 e. The van der Waals surface area contributed by atoms with E-state index in [0.717, 1.165) is 37.2 Å². The number of nitrogens with one attached hydrogen (secondary N) is 1. The maximum absolute atomic E-state index is 13.9. The summed E-state index contributed by atoms with van der Waals surface area (Å²) in [7, 11) is 0. The zero-order chi connectivity index (χ0) is 18.1. The van der Waals surface area contributed by atoms with E-state index in [1.165, 1.54) is 18.2 Å². The summed E-state index contributed by atoms with van der Waals surface area (Å²) in [6.45, 7) is 1.84. The monoisotopic (exact) mass is 358 g/mol. The molecule has 1 aromatic carbocycles. The third-order valence-corrected chi connectivity index (χ3v) is 4.99. The summed E-state index contributed by atoms with van der Waals surface area (Å²) < 4.78 is 27.8. The van der Waals surface area contributed by atoms with Crippen LogP contribution < -0.4 is 5.56 Å². The smallest absolute Gasteiger partial charge is 0.255 e. The van der Waals surface area contributed by atoms with Crippen molar-refractivity contribution in [2.75, 3.05) is 13.1 Å². The molecule has 0 unspecified atom stereocenters. The Labute approximate surface area is 149 Å². The molecule has 2 aliphatic rings. The summed E-state index contributed by atoms with van der Waals surface area (Å²) in [6.07, 6.45) is 3.54. The fourth-order valence-corrected chi connectivity index (χ4v) is 3.55. The first-order valence-corrected chi connectivity index (χ1v) is 8.93. The molecule has 0 aliphatic carbocycles. The lowest BCUT2D eigenvalue weighted by atomic mass is 10.0. The van der Waals surface area contributed by atoms with Crippen molar-refractivity contribution in [3.63, 3.8) is 0 Å². The first-order valence-electron chi connectivity index (χ1n) is 8.93. The van der Waals surface area contributed by atoms with E-state index >= 15 is 0 Å². The maximum atomic E-state index is 13.9. The van der Waals surface area contributed by atoms with Crippen molar-refractivity contribution in [3.05, 3.63) is 62.8 Å². The quantitative estimate of drug-likeness (QED) is 0.917. The first kappa shape index (κ1) is 17.0. The molecule has 0 fully saturated rings. The van der Waals surface area contributed by atoms with Crippen LogP contribution in [0.5, 0.6) is 0 Å². The molecule has 1 aromatic heterocycles. The highest BCUT2D eigenvalue weighted by molar-refractivity contribution is 5.97. The third kappa shape index (κ3) is 3.31. The van der Waals surface area contributed by atoms with Crippen LogP contribution in [-0.2, 0) is 19.5 Å². The van der Waals surface area contributed by atoms with Crippen LogP contribution in [0.25, 0.3) is 0 Å². The van der Waals surface area contributed by atoms with Gasteiger partial charge in [-0.1, -0.05) is 6.07 Å². The second-order valence-corrected chi connectivity index (χ2v) is 6.79. The molecule has 0 radical (unpaired) electrons. The molecule has 0 spiro atoms. The Balaban J connectivity index is 1.58. The van der Waals surface area contributed by atoms with E-state index in [2.05, 4.69) is 15.0 Å². The Morgan fingerprint density at radius 2 is 1.96 bits per heavy atom. The number of aromatic amines is 1. The highest BCUT2D eigenvalue weighted by Crippen LogP contribution is 2.20. The summed E-state index contributed by atoms with van der Waals surface area (Å²) in [5.74, 6) is -0.552. The van der Waals surface area contributed by atoms with Gasteiger partial charge in [-0.2, -0.15) is 0 Å². The van der Waals surface area contributed by atoms with Crippen LogP contribution in [0, 0.1) is 11.6 Å². The largest absolute Gasteiger partial charge is 0.305 e. The Kier molecular flexibility index (Phi) is 4.63. The van der Waals surface area contributed by atoms with E-state index in [9.17, 15) is 13.6 Å². The summed E-state index contributed by atoms with van der Waals surface area (Å²) in [6, 6.07) is 3.85. The molecule has 0 bridgehead atoms. The van der Waals surface area contributed by atoms with Gasteiger partial charge in [0.25, 0.3) is 5.56 Å². The molecular weight excluding hydrogens is 338 g/mol. The van der Waals surface area contributed by atoms with Crippen LogP contribution in [-0.4, -0.2) is 33.7 Å². The number of hydrogen-bond donors (Lipinski definition) is 1. The standard InChI is InChI=1S/C19H20F2N4O/c20-14-4-3-5-15(21)12(14)10-25-9-7-16-13(11-25)19(26)24-18(23-16)17-6-1-2-8-22-17/h3-5H,1-2,6-11H2,(H,23,24,26). The van der Waals surface area contributed by atoms with Crippen molar-refractivity contribution in [2.24, 2.45) is 4.99 Å². The van der Waals surface area contributed by atoms with Gasteiger partial charge in [-0.3, -0.25) is 14.7 Å². The lowest BCUT2D eigenvalue weighted by Crippen LogP contribution is -2.36. The summed E-state index contributed by atoms with van der Waals surface area (Å²) in [5.41, 5.74) is 2.06. The topological polar surface area (TPSA) is 61.4 Å². The number of hydrogen-bond acceptors (Lipinski definition) is 4. The van der Waals surface area contributed by atoms with Gasteiger partial charge < -0.3 is 4.98 Å². The Bertz CT molecular complexity index is 902. The normalized spacial score (nSPS) is 17.7. The SMILES string of the molecule is O=c1[nH]c(C2=NCCCC2)nc2c1CN(Cc1c(F)cccc1F)CC2. The number of aliphatic imine (C=N–C) groups is 1. The van der Waals surface area contributed by atoms with Crippen molar-refractivity contribution in [1.29, 1.82) is 0 Å². The predicted octanol–water partition coefficient (Wildman–Crippen LogP) is 2.58. The number of halogens is 2. The van der Waals surface area contributed by atoms with Crippen LogP contribution in [0.4, 0.5) is 8.78 Å². The second-order valence-electron chi connectivity index (χ2n) is 6.79. The third-order valence-electron chi connectivity index (χ3n) is 4.99. The average Bonchev–Trinajstić information content (AvgIpc) is 2.66. The molecule has 1 N–H and O–H groups in total. The molecule has 2 aliphatic heterocycles. The minimum Gasteiger partial charge on any atom is -0.305 e. The zero-order valence-electron chi connectivity index (χ0n) is 14.4. The van der Waals surface area contributed by atoms with Gasteiger partial charge in [0.15, 0.2) is 5.82 Å². The minimum atomic E-state index is -0.562. The number of fused-ring (bicyclic) bond motifs is 1. The second kappa shape index (κ2) is 7.07. The average molecular weight is 358 g/mol. The number of benzene rings is 1. The van der Waals surface area contributed by atoms with E-state index in [-0.39, 0.29) is 17.7 Å². The highest BCUT2D eigenvalue weighted by Gasteiger charge is 2.24. The summed E-state index contributed by atoms with van der Waals surface area (Å²) >= 11 is 0. The Morgan fingerprint density at radius 1 is 1.15 bits per heavy atom. The van der Waals surface area contributed by atoms with E-state index < -0.39 is 11.6 Å². The van der Waals surface area contributed by atoms with Gasteiger partial charge in [-0.25, -0.2) is 13.8 Å².